The van der Waals surface area contributed by atoms with Gasteiger partial charge in [-0.3, -0.25) is 4.79 Å². The Morgan fingerprint density at radius 2 is 2.41 bits per heavy atom. The molecule has 1 aromatic rings. The summed E-state index contributed by atoms with van der Waals surface area (Å²) in [6.07, 6.45) is 3.81. The molecule has 6 heteroatoms. The number of hydrogen-bond acceptors (Lipinski definition) is 4. The molecule has 17 heavy (non-hydrogen) atoms. The fourth-order valence-electron chi connectivity index (χ4n) is 2.12. The summed E-state index contributed by atoms with van der Waals surface area (Å²) in [6.45, 7) is 3.30. The van der Waals surface area contributed by atoms with Crippen LogP contribution in [0, 0.1) is 0 Å². The van der Waals surface area contributed by atoms with E-state index in [2.05, 4.69) is 50.3 Å². The monoisotopic (exact) mass is 300 g/mol. The Labute approximate surface area is 109 Å². The molecule has 1 fully saturated rings. The van der Waals surface area contributed by atoms with Crippen LogP contribution < -0.4 is 10.9 Å². The standard InChI is InChI=1S/C11H17BrN4O/c1-7-5-8(3-4-16(7)2)14-9-6-13-15-11(17)10(9)12/h6-8H,3-5H2,1-2H3,(H2,14,15,17). The van der Waals surface area contributed by atoms with Crippen LogP contribution in [0.15, 0.2) is 15.5 Å². The van der Waals surface area contributed by atoms with Gasteiger partial charge < -0.3 is 10.2 Å². The van der Waals surface area contributed by atoms with Crippen LogP contribution in [0.4, 0.5) is 5.69 Å². The highest BCUT2D eigenvalue weighted by Gasteiger charge is 2.23. The van der Waals surface area contributed by atoms with Crippen LogP contribution in [-0.4, -0.2) is 40.8 Å². The summed E-state index contributed by atoms with van der Waals surface area (Å²) in [5.74, 6) is 0. The Kier molecular flexibility index (Phi) is 3.83. The summed E-state index contributed by atoms with van der Waals surface area (Å²) in [6, 6.07) is 0.969. The van der Waals surface area contributed by atoms with Gasteiger partial charge in [0.15, 0.2) is 0 Å². The Morgan fingerprint density at radius 3 is 3.12 bits per heavy atom. The zero-order valence-corrected chi connectivity index (χ0v) is 11.6. The number of H-pyrrole nitrogens is 1. The van der Waals surface area contributed by atoms with E-state index in [1.165, 1.54) is 0 Å². The van der Waals surface area contributed by atoms with E-state index >= 15 is 0 Å². The second-order valence-corrected chi connectivity index (χ2v) is 5.42. The second-order valence-electron chi connectivity index (χ2n) is 4.62. The van der Waals surface area contributed by atoms with Gasteiger partial charge in [-0.05, 0) is 42.7 Å². The van der Waals surface area contributed by atoms with Gasteiger partial charge in [-0.15, -0.1) is 0 Å². The first-order valence-electron chi connectivity index (χ1n) is 5.78. The molecule has 94 valence electrons. The molecule has 0 aliphatic carbocycles. The number of piperidine rings is 1. The van der Waals surface area contributed by atoms with Gasteiger partial charge in [0.2, 0.25) is 0 Å². The minimum Gasteiger partial charge on any atom is -0.380 e. The normalized spacial score (nSPS) is 25.8. The zero-order chi connectivity index (χ0) is 12.4. The molecule has 2 N–H and O–H groups in total. The van der Waals surface area contributed by atoms with E-state index in [-0.39, 0.29) is 5.56 Å². The molecule has 0 aromatic carbocycles. The number of aromatic nitrogens is 2. The number of nitrogens with one attached hydrogen (secondary N) is 2. The molecule has 1 saturated heterocycles. The van der Waals surface area contributed by atoms with Gasteiger partial charge >= 0.3 is 0 Å². The van der Waals surface area contributed by atoms with Crippen molar-refractivity contribution in [3.05, 3.63) is 21.0 Å². The average Bonchev–Trinajstić information content (AvgIpc) is 2.30. The number of aromatic amines is 1. The lowest BCUT2D eigenvalue weighted by Gasteiger charge is -2.35. The number of nitrogens with zero attached hydrogens (tertiary/aromatic N) is 2. The first-order chi connectivity index (χ1) is 8.08. The first kappa shape index (κ1) is 12.6. The highest BCUT2D eigenvalue weighted by molar-refractivity contribution is 9.10. The largest absolute Gasteiger partial charge is 0.380 e. The van der Waals surface area contributed by atoms with Crippen LogP contribution in [0.3, 0.4) is 0 Å². The third-order valence-electron chi connectivity index (χ3n) is 3.36. The summed E-state index contributed by atoms with van der Waals surface area (Å²) in [5, 5.41) is 9.58. The molecule has 0 radical (unpaired) electrons. The molecule has 2 rings (SSSR count). The molecule has 2 heterocycles. The molecule has 1 aliphatic rings. The van der Waals surface area contributed by atoms with Crippen LogP contribution in [0.2, 0.25) is 0 Å². The van der Waals surface area contributed by atoms with Crippen LogP contribution in [0.5, 0.6) is 0 Å². The molecular weight excluding hydrogens is 284 g/mol. The number of rotatable bonds is 2. The Bertz CT molecular complexity index is 447. The first-order valence-corrected chi connectivity index (χ1v) is 6.57. The van der Waals surface area contributed by atoms with Gasteiger partial charge in [-0.2, -0.15) is 5.10 Å². The van der Waals surface area contributed by atoms with E-state index in [1.807, 2.05) is 0 Å². The molecule has 0 spiro atoms. The highest BCUT2D eigenvalue weighted by atomic mass is 79.9. The van der Waals surface area contributed by atoms with Crippen molar-refractivity contribution in [3.8, 4) is 0 Å². The van der Waals surface area contributed by atoms with E-state index in [1.54, 1.807) is 6.20 Å². The maximum atomic E-state index is 11.4. The van der Waals surface area contributed by atoms with E-state index in [0.29, 0.717) is 16.6 Å². The van der Waals surface area contributed by atoms with Crippen molar-refractivity contribution >= 4 is 21.6 Å². The minimum absolute atomic E-state index is 0.198. The summed E-state index contributed by atoms with van der Waals surface area (Å²) in [5.41, 5.74) is 0.575. The van der Waals surface area contributed by atoms with E-state index in [9.17, 15) is 4.79 Å². The van der Waals surface area contributed by atoms with Gasteiger partial charge in [0.25, 0.3) is 5.56 Å². The van der Waals surface area contributed by atoms with Gasteiger partial charge in [-0.1, -0.05) is 0 Å². The average molecular weight is 301 g/mol. The molecule has 2 unspecified atom stereocenters. The fourth-order valence-corrected chi connectivity index (χ4v) is 2.43. The SMILES string of the molecule is CC1CC(Nc2cn[nH]c(=O)c2Br)CCN1C. The van der Waals surface area contributed by atoms with Crippen molar-refractivity contribution in [1.82, 2.24) is 15.1 Å². The zero-order valence-electron chi connectivity index (χ0n) is 10.0. The van der Waals surface area contributed by atoms with Crippen molar-refractivity contribution in [3.63, 3.8) is 0 Å². The minimum atomic E-state index is -0.198. The summed E-state index contributed by atoms with van der Waals surface area (Å²) in [7, 11) is 2.14. The quantitative estimate of drug-likeness (QED) is 0.867. The van der Waals surface area contributed by atoms with E-state index in [0.717, 1.165) is 25.1 Å². The summed E-state index contributed by atoms with van der Waals surface area (Å²) >= 11 is 3.28. The molecular formula is C11H17BrN4O. The van der Waals surface area contributed by atoms with E-state index in [4.69, 9.17) is 0 Å². The van der Waals surface area contributed by atoms with Crippen molar-refractivity contribution < 1.29 is 0 Å². The molecule has 1 aromatic heterocycles. The summed E-state index contributed by atoms with van der Waals surface area (Å²) in [4.78, 5) is 13.7. The summed E-state index contributed by atoms with van der Waals surface area (Å²) < 4.78 is 0.527. The lowest BCUT2D eigenvalue weighted by molar-refractivity contribution is 0.190. The van der Waals surface area contributed by atoms with Gasteiger partial charge in [0, 0.05) is 18.6 Å². The number of likely N-dealkylation sites (tertiary alicyclic amines) is 1. The fraction of sp³-hybridized carbons (Fsp3) is 0.636. The third kappa shape index (κ3) is 2.87. The van der Waals surface area contributed by atoms with Crippen LogP contribution in [0.25, 0.3) is 0 Å². The van der Waals surface area contributed by atoms with Crippen LogP contribution in [0.1, 0.15) is 19.8 Å². The molecule has 1 aliphatic heterocycles. The van der Waals surface area contributed by atoms with Gasteiger partial charge in [0.05, 0.1) is 11.9 Å². The molecule has 0 bridgehead atoms. The second kappa shape index (κ2) is 5.18. The lowest BCUT2D eigenvalue weighted by Crippen LogP contribution is -2.42. The number of halogens is 1. The Balaban J connectivity index is 2.06. The van der Waals surface area contributed by atoms with Crippen LogP contribution >= 0.6 is 15.9 Å². The molecule has 0 saturated carbocycles. The molecule has 5 nitrogen and oxygen atoms in total. The number of anilines is 1. The molecule has 2 atom stereocenters. The van der Waals surface area contributed by atoms with Crippen LogP contribution in [-0.2, 0) is 0 Å². The predicted octanol–water partition coefficient (Wildman–Crippen LogP) is 1.43. The maximum Gasteiger partial charge on any atom is 0.280 e. The maximum absolute atomic E-state index is 11.4. The topological polar surface area (TPSA) is 61.0 Å². The third-order valence-corrected chi connectivity index (χ3v) is 4.15. The number of hydrogen-bond donors (Lipinski definition) is 2. The lowest BCUT2D eigenvalue weighted by atomic mass is 9.99. The van der Waals surface area contributed by atoms with Crippen molar-refractivity contribution in [2.75, 3.05) is 18.9 Å². The van der Waals surface area contributed by atoms with Crippen molar-refractivity contribution in [1.29, 1.82) is 0 Å². The molecule has 0 amide bonds. The Morgan fingerprint density at radius 1 is 1.65 bits per heavy atom. The Hall–Kier alpha value is -0.880. The van der Waals surface area contributed by atoms with Crippen molar-refractivity contribution in [2.45, 2.75) is 31.8 Å². The van der Waals surface area contributed by atoms with Gasteiger partial charge in [0.1, 0.15) is 4.47 Å². The van der Waals surface area contributed by atoms with Gasteiger partial charge in [-0.25, -0.2) is 5.10 Å². The highest BCUT2D eigenvalue weighted by Crippen LogP contribution is 2.22. The predicted molar refractivity (Wildman–Crippen MR) is 71.3 cm³/mol. The smallest absolute Gasteiger partial charge is 0.280 e. The van der Waals surface area contributed by atoms with E-state index < -0.39 is 0 Å². The van der Waals surface area contributed by atoms with Crippen molar-refractivity contribution in [2.24, 2.45) is 0 Å².